The summed E-state index contributed by atoms with van der Waals surface area (Å²) < 4.78 is 1.20. The van der Waals surface area contributed by atoms with Crippen molar-refractivity contribution in [2.45, 2.75) is 26.8 Å². The van der Waals surface area contributed by atoms with Crippen LogP contribution in [0.4, 0.5) is 0 Å². The zero-order valence-corrected chi connectivity index (χ0v) is 11.5. The van der Waals surface area contributed by atoms with Crippen molar-refractivity contribution in [3.05, 3.63) is 63.3 Å². The third-order valence-electron chi connectivity index (χ3n) is 3.18. The Hall–Kier alpha value is -2.43. The van der Waals surface area contributed by atoms with Crippen molar-refractivity contribution in [2.24, 2.45) is 0 Å². The third kappa shape index (κ3) is 2.93. The Morgan fingerprint density at radius 1 is 1.25 bits per heavy atom. The first-order chi connectivity index (χ1) is 9.49. The number of aryl methyl sites for hydroxylation is 2. The van der Waals surface area contributed by atoms with Gasteiger partial charge in [-0.15, -0.1) is 0 Å². The van der Waals surface area contributed by atoms with Crippen LogP contribution in [0.5, 0.6) is 0 Å². The molecular weight excluding hydrogens is 256 g/mol. The summed E-state index contributed by atoms with van der Waals surface area (Å²) in [6, 6.07) is 9.58. The second-order valence-corrected chi connectivity index (χ2v) is 4.67. The maximum Gasteiger partial charge on any atom is 0.323 e. The van der Waals surface area contributed by atoms with Crippen molar-refractivity contribution in [2.75, 3.05) is 0 Å². The highest BCUT2D eigenvalue weighted by atomic mass is 16.4. The van der Waals surface area contributed by atoms with Crippen LogP contribution in [-0.4, -0.2) is 20.6 Å². The molecule has 20 heavy (non-hydrogen) atoms. The van der Waals surface area contributed by atoms with Crippen LogP contribution >= 0.6 is 0 Å². The summed E-state index contributed by atoms with van der Waals surface area (Å²) in [5, 5.41) is 8.88. The number of nitrogens with zero attached hydrogens (tertiary/aromatic N) is 2. The first-order valence-corrected chi connectivity index (χ1v) is 6.31. The molecular formula is C15H16N2O3. The lowest BCUT2D eigenvalue weighted by Gasteiger charge is -2.12. The Balaban J connectivity index is 2.48. The second kappa shape index (κ2) is 5.69. The zero-order valence-electron chi connectivity index (χ0n) is 11.5. The molecule has 2 rings (SSSR count). The average Bonchev–Trinajstić information content (AvgIpc) is 2.40. The lowest BCUT2D eigenvalue weighted by Crippen LogP contribution is -2.31. The summed E-state index contributed by atoms with van der Waals surface area (Å²) in [6.07, 6.45) is 0.457. The Morgan fingerprint density at radius 2 is 1.90 bits per heavy atom. The molecule has 0 bridgehead atoms. The maximum atomic E-state index is 12.4. The van der Waals surface area contributed by atoms with Crippen LogP contribution in [0.2, 0.25) is 0 Å². The topological polar surface area (TPSA) is 72.2 Å². The Morgan fingerprint density at radius 3 is 2.50 bits per heavy atom. The summed E-state index contributed by atoms with van der Waals surface area (Å²) in [7, 11) is 0. The van der Waals surface area contributed by atoms with Gasteiger partial charge in [0.25, 0.3) is 5.56 Å². The summed E-state index contributed by atoms with van der Waals surface area (Å²) in [5.41, 5.74) is 1.92. The molecule has 1 heterocycles. The van der Waals surface area contributed by atoms with E-state index in [0.29, 0.717) is 23.5 Å². The molecule has 0 amide bonds. The molecule has 0 radical (unpaired) electrons. The molecule has 0 fully saturated rings. The number of carboxylic acid groups (broad SMARTS) is 1. The van der Waals surface area contributed by atoms with Crippen molar-refractivity contribution in [3.8, 4) is 0 Å². The Kier molecular flexibility index (Phi) is 3.98. The Bertz CT molecular complexity index is 690. The average molecular weight is 272 g/mol. The minimum Gasteiger partial charge on any atom is -0.480 e. The lowest BCUT2D eigenvalue weighted by molar-refractivity contribution is -0.137. The van der Waals surface area contributed by atoms with Crippen LogP contribution in [0.15, 0.2) is 35.1 Å². The van der Waals surface area contributed by atoms with Gasteiger partial charge in [-0.1, -0.05) is 30.3 Å². The van der Waals surface area contributed by atoms with Gasteiger partial charge in [-0.3, -0.25) is 14.2 Å². The van der Waals surface area contributed by atoms with E-state index in [2.05, 4.69) is 4.98 Å². The first kappa shape index (κ1) is 14.0. The molecule has 1 N–H and O–H groups in total. The molecule has 0 unspecified atom stereocenters. The van der Waals surface area contributed by atoms with Gasteiger partial charge in [0.15, 0.2) is 0 Å². The highest BCUT2D eigenvalue weighted by molar-refractivity contribution is 5.66. The standard InChI is InChI=1S/C15H16N2O3/c1-10-13(8-12-6-4-3-5-7-12)15(20)17(9-14(18)19)11(2)16-10/h3-7H,8-9H2,1-2H3,(H,18,19). The van der Waals surface area contributed by atoms with Crippen LogP contribution in [0.25, 0.3) is 0 Å². The predicted molar refractivity (Wildman–Crippen MR) is 74.9 cm³/mol. The molecule has 2 aromatic rings. The molecule has 104 valence electrons. The van der Waals surface area contributed by atoms with E-state index in [4.69, 9.17) is 5.11 Å². The summed E-state index contributed by atoms with van der Waals surface area (Å²) in [4.78, 5) is 27.5. The number of aliphatic carboxylic acids is 1. The quantitative estimate of drug-likeness (QED) is 0.916. The van der Waals surface area contributed by atoms with E-state index in [1.165, 1.54) is 4.57 Å². The highest BCUT2D eigenvalue weighted by Gasteiger charge is 2.14. The SMILES string of the molecule is Cc1nc(C)n(CC(=O)O)c(=O)c1Cc1ccccc1. The molecule has 0 atom stereocenters. The van der Waals surface area contributed by atoms with E-state index in [-0.39, 0.29) is 12.1 Å². The molecule has 0 aliphatic rings. The van der Waals surface area contributed by atoms with Crippen LogP contribution in [-0.2, 0) is 17.8 Å². The normalized spacial score (nSPS) is 10.5. The minimum absolute atomic E-state index is 0.277. The van der Waals surface area contributed by atoms with E-state index in [9.17, 15) is 9.59 Å². The zero-order chi connectivity index (χ0) is 14.7. The van der Waals surface area contributed by atoms with Crippen molar-refractivity contribution >= 4 is 5.97 Å². The molecule has 5 heteroatoms. The fourth-order valence-corrected chi connectivity index (χ4v) is 2.16. The summed E-state index contributed by atoms with van der Waals surface area (Å²) in [5.74, 6) is -0.627. The largest absolute Gasteiger partial charge is 0.480 e. The number of carboxylic acids is 1. The summed E-state index contributed by atoms with van der Waals surface area (Å²) >= 11 is 0. The number of aromatic nitrogens is 2. The van der Waals surface area contributed by atoms with E-state index in [1.807, 2.05) is 30.3 Å². The van der Waals surface area contributed by atoms with Gasteiger partial charge < -0.3 is 5.11 Å². The van der Waals surface area contributed by atoms with Gasteiger partial charge >= 0.3 is 5.97 Å². The van der Waals surface area contributed by atoms with E-state index in [1.54, 1.807) is 13.8 Å². The number of hydrogen-bond donors (Lipinski definition) is 1. The molecule has 0 spiro atoms. The molecule has 5 nitrogen and oxygen atoms in total. The van der Waals surface area contributed by atoms with Crippen molar-refractivity contribution < 1.29 is 9.90 Å². The van der Waals surface area contributed by atoms with Crippen LogP contribution in [0, 0.1) is 13.8 Å². The van der Waals surface area contributed by atoms with Gasteiger partial charge in [0.05, 0.1) is 0 Å². The fourth-order valence-electron chi connectivity index (χ4n) is 2.16. The minimum atomic E-state index is -1.05. The maximum absolute atomic E-state index is 12.4. The molecule has 1 aromatic carbocycles. The van der Waals surface area contributed by atoms with Gasteiger partial charge in [0.2, 0.25) is 0 Å². The van der Waals surface area contributed by atoms with Crippen molar-refractivity contribution in [1.82, 2.24) is 9.55 Å². The molecule has 0 saturated heterocycles. The molecule has 0 saturated carbocycles. The van der Waals surface area contributed by atoms with Gasteiger partial charge in [-0.25, -0.2) is 4.98 Å². The van der Waals surface area contributed by atoms with E-state index >= 15 is 0 Å². The number of hydrogen-bond acceptors (Lipinski definition) is 3. The number of carbonyl (C=O) groups is 1. The smallest absolute Gasteiger partial charge is 0.323 e. The van der Waals surface area contributed by atoms with Crippen LogP contribution in [0.1, 0.15) is 22.6 Å². The van der Waals surface area contributed by atoms with Gasteiger partial charge in [0.1, 0.15) is 12.4 Å². The van der Waals surface area contributed by atoms with Crippen LogP contribution in [0.3, 0.4) is 0 Å². The highest BCUT2D eigenvalue weighted by Crippen LogP contribution is 2.09. The van der Waals surface area contributed by atoms with E-state index < -0.39 is 5.97 Å². The number of benzene rings is 1. The molecule has 0 aliphatic heterocycles. The summed E-state index contributed by atoms with van der Waals surface area (Å²) in [6.45, 7) is 3.06. The van der Waals surface area contributed by atoms with Crippen LogP contribution < -0.4 is 5.56 Å². The molecule has 0 aliphatic carbocycles. The fraction of sp³-hybridized carbons (Fsp3) is 0.267. The van der Waals surface area contributed by atoms with Crippen molar-refractivity contribution in [1.29, 1.82) is 0 Å². The van der Waals surface area contributed by atoms with Gasteiger partial charge in [0, 0.05) is 17.7 Å². The van der Waals surface area contributed by atoms with Gasteiger partial charge in [-0.05, 0) is 19.4 Å². The van der Waals surface area contributed by atoms with E-state index in [0.717, 1.165) is 5.56 Å². The number of rotatable bonds is 4. The van der Waals surface area contributed by atoms with Crippen molar-refractivity contribution in [3.63, 3.8) is 0 Å². The second-order valence-electron chi connectivity index (χ2n) is 4.67. The van der Waals surface area contributed by atoms with Gasteiger partial charge in [-0.2, -0.15) is 0 Å². The first-order valence-electron chi connectivity index (χ1n) is 6.31. The predicted octanol–water partition coefficient (Wildman–Crippen LogP) is 1.54. The Labute approximate surface area is 116 Å². The third-order valence-corrected chi connectivity index (χ3v) is 3.18. The monoisotopic (exact) mass is 272 g/mol. The lowest BCUT2D eigenvalue weighted by atomic mass is 10.1. The molecule has 1 aromatic heterocycles.